The molecule has 90 valence electrons. The summed E-state index contributed by atoms with van der Waals surface area (Å²) in [6.07, 6.45) is 0. The lowest BCUT2D eigenvalue weighted by atomic mass is 10.2. The molecule has 3 rings (SSSR count). The summed E-state index contributed by atoms with van der Waals surface area (Å²) in [4.78, 5) is 8.06. The van der Waals surface area contributed by atoms with Crippen molar-refractivity contribution in [2.24, 2.45) is 5.84 Å². The van der Waals surface area contributed by atoms with Crippen LogP contribution in [0, 0.1) is 0 Å². The molecular weight excluding hydrogens is 230 g/mol. The summed E-state index contributed by atoms with van der Waals surface area (Å²) in [6.45, 7) is 0. The van der Waals surface area contributed by atoms with Gasteiger partial charge in [-0.25, -0.2) is 5.84 Å². The lowest BCUT2D eigenvalue weighted by Crippen LogP contribution is -2.15. The molecule has 0 atom stereocenters. The second kappa shape index (κ2) is 3.97. The van der Waals surface area contributed by atoms with Gasteiger partial charge in [0, 0.05) is 11.6 Å². The van der Waals surface area contributed by atoms with Gasteiger partial charge in [-0.2, -0.15) is 19.6 Å². The predicted octanol–water partition coefficient (Wildman–Crippen LogP) is 0.659. The van der Waals surface area contributed by atoms with Crippen molar-refractivity contribution in [2.45, 2.75) is 0 Å². The zero-order valence-corrected chi connectivity index (χ0v) is 9.41. The molecule has 2 heterocycles. The Kier molecular flexibility index (Phi) is 2.31. The molecule has 18 heavy (non-hydrogen) atoms. The van der Waals surface area contributed by atoms with Crippen LogP contribution >= 0.6 is 0 Å². The molecule has 0 saturated heterocycles. The van der Waals surface area contributed by atoms with Gasteiger partial charge in [0.15, 0.2) is 5.65 Å². The molecule has 3 aromatic rings. The maximum Gasteiger partial charge on any atom is 0.243 e. The second-order valence-corrected chi connectivity index (χ2v) is 3.72. The summed E-state index contributed by atoms with van der Waals surface area (Å²) in [5.41, 5.74) is 10.4. The number of hydrogen-bond donors (Lipinski definition) is 3. The SMILES string of the molecule is NNc1nc(N)nc2cc(-c3ccccc3)nn12. The molecule has 0 fully saturated rings. The molecule has 0 aliphatic rings. The first-order valence-electron chi connectivity index (χ1n) is 5.33. The molecule has 5 N–H and O–H groups in total. The normalized spacial score (nSPS) is 10.7. The fourth-order valence-corrected chi connectivity index (χ4v) is 1.75. The zero-order valence-electron chi connectivity index (χ0n) is 9.41. The van der Waals surface area contributed by atoms with Gasteiger partial charge in [0.2, 0.25) is 11.9 Å². The van der Waals surface area contributed by atoms with Gasteiger partial charge in [0.25, 0.3) is 0 Å². The quantitative estimate of drug-likeness (QED) is 0.449. The topological polar surface area (TPSA) is 107 Å². The second-order valence-electron chi connectivity index (χ2n) is 3.72. The van der Waals surface area contributed by atoms with Crippen LogP contribution < -0.4 is 17.0 Å². The molecular formula is C11H11N7. The highest BCUT2D eigenvalue weighted by atomic mass is 15.4. The van der Waals surface area contributed by atoms with E-state index >= 15 is 0 Å². The molecule has 1 aromatic carbocycles. The number of benzene rings is 1. The molecule has 0 saturated carbocycles. The number of nitrogens with one attached hydrogen (secondary N) is 1. The molecule has 0 unspecified atom stereocenters. The van der Waals surface area contributed by atoms with Gasteiger partial charge in [-0.15, -0.1) is 0 Å². The van der Waals surface area contributed by atoms with Gasteiger partial charge >= 0.3 is 0 Å². The molecule has 0 bridgehead atoms. The van der Waals surface area contributed by atoms with E-state index in [-0.39, 0.29) is 5.95 Å². The van der Waals surface area contributed by atoms with Gasteiger partial charge in [0.1, 0.15) is 0 Å². The van der Waals surface area contributed by atoms with Crippen LogP contribution in [-0.4, -0.2) is 19.6 Å². The Morgan fingerprint density at radius 2 is 1.89 bits per heavy atom. The Morgan fingerprint density at radius 3 is 2.61 bits per heavy atom. The van der Waals surface area contributed by atoms with Crippen molar-refractivity contribution in [1.82, 2.24) is 19.6 Å². The lowest BCUT2D eigenvalue weighted by molar-refractivity contribution is 0.899. The smallest absolute Gasteiger partial charge is 0.243 e. The molecule has 0 radical (unpaired) electrons. The number of nitrogen functional groups attached to an aromatic ring is 2. The average Bonchev–Trinajstić information content (AvgIpc) is 2.82. The number of aromatic nitrogens is 4. The van der Waals surface area contributed by atoms with E-state index in [1.54, 1.807) is 0 Å². The summed E-state index contributed by atoms with van der Waals surface area (Å²) in [7, 11) is 0. The van der Waals surface area contributed by atoms with Gasteiger partial charge < -0.3 is 5.73 Å². The van der Waals surface area contributed by atoms with Crippen molar-refractivity contribution in [3.63, 3.8) is 0 Å². The highest BCUT2D eigenvalue weighted by Gasteiger charge is 2.09. The standard InChI is InChI=1S/C11H11N7/c12-10-14-9-6-8(7-4-2-1-3-5-7)17-18(9)11(15-10)16-13/h1-6H,13H2,(H3,12,14,15,16). The Labute approximate surface area is 102 Å². The molecule has 0 amide bonds. The summed E-state index contributed by atoms with van der Waals surface area (Å²) in [6, 6.07) is 11.6. The van der Waals surface area contributed by atoms with Crippen LogP contribution in [0.1, 0.15) is 0 Å². The van der Waals surface area contributed by atoms with E-state index < -0.39 is 0 Å². The zero-order chi connectivity index (χ0) is 12.5. The maximum atomic E-state index is 5.59. The molecule has 0 aliphatic heterocycles. The molecule has 7 nitrogen and oxygen atoms in total. The van der Waals surface area contributed by atoms with E-state index in [4.69, 9.17) is 11.6 Å². The summed E-state index contributed by atoms with van der Waals surface area (Å²) < 4.78 is 1.51. The van der Waals surface area contributed by atoms with Crippen LogP contribution in [0.5, 0.6) is 0 Å². The first-order chi connectivity index (χ1) is 8.78. The van der Waals surface area contributed by atoms with Gasteiger partial charge in [-0.05, 0) is 0 Å². The Bertz CT molecular complexity index is 689. The number of rotatable bonds is 2. The average molecular weight is 241 g/mol. The fourth-order valence-electron chi connectivity index (χ4n) is 1.75. The Morgan fingerprint density at radius 1 is 1.11 bits per heavy atom. The molecule has 0 aliphatic carbocycles. The monoisotopic (exact) mass is 241 g/mol. The largest absolute Gasteiger partial charge is 0.368 e. The van der Waals surface area contributed by atoms with Crippen LogP contribution in [0.4, 0.5) is 11.9 Å². The molecule has 7 heteroatoms. The van der Waals surface area contributed by atoms with E-state index in [1.807, 2.05) is 36.4 Å². The van der Waals surface area contributed by atoms with E-state index in [0.29, 0.717) is 11.6 Å². The van der Waals surface area contributed by atoms with Gasteiger partial charge in [-0.1, -0.05) is 30.3 Å². The summed E-state index contributed by atoms with van der Waals surface area (Å²) in [5.74, 6) is 5.87. The van der Waals surface area contributed by atoms with E-state index in [0.717, 1.165) is 11.3 Å². The van der Waals surface area contributed by atoms with Crippen LogP contribution in [-0.2, 0) is 0 Å². The number of nitrogens with zero attached hydrogens (tertiary/aromatic N) is 4. The highest BCUT2D eigenvalue weighted by Crippen LogP contribution is 2.20. The summed E-state index contributed by atoms with van der Waals surface area (Å²) in [5, 5.41) is 4.39. The summed E-state index contributed by atoms with van der Waals surface area (Å²) >= 11 is 0. The molecule has 0 spiro atoms. The van der Waals surface area contributed by atoms with Crippen molar-refractivity contribution >= 4 is 17.5 Å². The van der Waals surface area contributed by atoms with Crippen LogP contribution in [0.25, 0.3) is 16.9 Å². The van der Waals surface area contributed by atoms with Crippen molar-refractivity contribution < 1.29 is 0 Å². The maximum absolute atomic E-state index is 5.59. The number of hydrazine groups is 1. The van der Waals surface area contributed by atoms with E-state index in [1.165, 1.54) is 4.52 Å². The minimum Gasteiger partial charge on any atom is -0.368 e. The Balaban J connectivity index is 2.23. The number of nitrogens with two attached hydrogens (primary N) is 2. The lowest BCUT2D eigenvalue weighted by Gasteiger charge is -2.01. The molecule has 2 aromatic heterocycles. The number of anilines is 2. The predicted molar refractivity (Wildman–Crippen MR) is 68.4 cm³/mol. The first kappa shape index (κ1) is 10.5. The van der Waals surface area contributed by atoms with Crippen LogP contribution in [0.15, 0.2) is 36.4 Å². The van der Waals surface area contributed by atoms with Crippen molar-refractivity contribution in [2.75, 3.05) is 11.2 Å². The third kappa shape index (κ3) is 1.62. The van der Waals surface area contributed by atoms with Crippen LogP contribution in [0.2, 0.25) is 0 Å². The van der Waals surface area contributed by atoms with E-state index in [2.05, 4.69) is 20.5 Å². The minimum atomic E-state index is 0.148. The highest BCUT2D eigenvalue weighted by molar-refractivity contribution is 5.65. The number of hydrogen-bond acceptors (Lipinski definition) is 6. The van der Waals surface area contributed by atoms with Gasteiger partial charge in [-0.3, -0.25) is 5.43 Å². The van der Waals surface area contributed by atoms with Gasteiger partial charge in [0.05, 0.1) is 5.69 Å². The van der Waals surface area contributed by atoms with E-state index in [9.17, 15) is 0 Å². The van der Waals surface area contributed by atoms with Crippen molar-refractivity contribution in [3.05, 3.63) is 36.4 Å². The van der Waals surface area contributed by atoms with Crippen molar-refractivity contribution in [3.8, 4) is 11.3 Å². The number of fused-ring (bicyclic) bond motifs is 1. The minimum absolute atomic E-state index is 0.148. The fraction of sp³-hybridized carbons (Fsp3) is 0. The third-order valence-corrected chi connectivity index (χ3v) is 2.54. The van der Waals surface area contributed by atoms with Crippen molar-refractivity contribution in [1.29, 1.82) is 0 Å². The first-order valence-corrected chi connectivity index (χ1v) is 5.33. The third-order valence-electron chi connectivity index (χ3n) is 2.54. The van der Waals surface area contributed by atoms with Crippen LogP contribution in [0.3, 0.4) is 0 Å². The Hall–Kier alpha value is -2.67.